The first-order chi connectivity index (χ1) is 10.5. The number of nitrogens with one attached hydrogen (secondary N) is 3. The Morgan fingerprint density at radius 3 is 2.73 bits per heavy atom. The Balaban J connectivity index is 1.86. The summed E-state index contributed by atoms with van der Waals surface area (Å²) in [5.74, 6) is -0.817. The molecule has 1 atom stereocenters. The molecule has 0 saturated heterocycles. The van der Waals surface area contributed by atoms with Crippen LogP contribution in [0.1, 0.15) is 18.5 Å². The van der Waals surface area contributed by atoms with Gasteiger partial charge in [-0.1, -0.05) is 6.07 Å². The van der Waals surface area contributed by atoms with Crippen molar-refractivity contribution in [3.8, 4) is 0 Å². The van der Waals surface area contributed by atoms with E-state index in [1.54, 1.807) is 24.3 Å². The van der Waals surface area contributed by atoms with Crippen LogP contribution < -0.4 is 16.0 Å². The molecule has 1 heterocycles. The second-order valence-electron chi connectivity index (χ2n) is 5.06. The van der Waals surface area contributed by atoms with Crippen LogP contribution in [-0.2, 0) is 9.59 Å². The molecule has 2 aromatic rings. The Labute approximate surface area is 126 Å². The molecule has 1 aliphatic rings. The summed E-state index contributed by atoms with van der Waals surface area (Å²) in [4.78, 5) is 23.1. The minimum absolute atomic E-state index is 0.178. The third kappa shape index (κ3) is 2.76. The number of carbonyl (C=O) groups excluding carboxylic acids is 2. The zero-order valence-corrected chi connectivity index (χ0v) is 11.8. The van der Waals surface area contributed by atoms with Gasteiger partial charge in [0.1, 0.15) is 11.9 Å². The maximum atomic E-state index is 13.4. The molecule has 0 spiro atoms. The van der Waals surface area contributed by atoms with E-state index in [1.165, 1.54) is 25.1 Å². The van der Waals surface area contributed by atoms with Gasteiger partial charge in [0.25, 0.3) is 5.91 Å². The summed E-state index contributed by atoms with van der Waals surface area (Å²) in [6.45, 7) is 1.42. The summed E-state index contributed by atoms with van der Waals surface area (Å²) < 4.78 is 13.4. The molecule has 0 radical (unpaired) electrons. The van der Waals surface area contributed by atoms with Gasteiger partial charge in [-0.2, -0.15) is 0 Å². The van der Waals surface area contributed by atoms with Crippen molar-refractivity contribution in [2.24, 2.45) is 0 Å². The van der Waals surface area contributed by atoms with Crippen molar-refractivity contribution < 1.29 is 14.0 Å². The van der Waals surface area contributed by atoms with E-state index in [0.717, 1.165) is 0 Å². The first-order valence-corrected chi connectivity index (χ1v) is 6.77. The molecule has 1 unspecified atom stereocenters. The normalized spacial score (nSPS) is 15.9. The second-order valence-corrected chi connectivity index (χ2v) is 5.06. The van der Waals surface area contributed by atoms with Gasteiger partial charge in [-0.05, 0) is 36.4 Å². The lowest BCUT2D eigenvalue weighted by Gasteiger charge is -2.14. The number of halogens is 1. The Kier molecular flexibility index (Phi) is 3.50. The number of carbonyl (C=O) groups is 2. The average molecular weight is 299 g/mol. The van der Waals surface area contributed by atoms with Crippen molar-refractivity contribution in [1.82, 2.24) is 0 Å². The fourth-order valence-electron chi connectivity index (χ4n) is 2.43. The van der Waals surface area contributed by atoms with Gasteiger partial charge in [-0.15, -0.1) is 0 Å². The van der Waals surface area contributed by atoms with Gasteiger partial charge in [0, 0.05) is 29.5 Å². The second kappa shape index (κ2) is 5.48. The third-order valence-electron chi connectivity index (χ3n) is 3.34. The van der Waals surface area contributed by atoms with Crippen LogP contribution in [-0.4, -0.2) is 11.8 Å². The van der Waals surface area contributed by atoms with Gasteiger partial charge >= 0.3 is 0 Å². The van der Waals surface area contributed by atoms with E-state index in [-0.39, 0.29) is 11.8 Å². The lowest BCUT2D eigenvalue weighted by molar-refractivity contribution is -0.116. The van der Waals surface area contributed by atoms with Crippen LogP contribution in [0.5, 0.6) is 0 Å². The predicted octanol–water partition coefficient (Wildman–Crippen LogP) is 2.89. The van der Waals surface area contributed by atoms with Gasteiger partial charge in [0.2, 0.25) is 5.91 Å². The van der Waals surface area contributed by atoms with Gasteiger partial charge in [-0.3, -0.25) is 9.59 Å². The first-order valence-electron chi connectivity index (χ1n) is 6.77. The predicted molar refractivity (Wildman–Crippen MR) is 82.1 cm³/mol. The highest BCUT2D eigenvalue weighted by Gasteiger charge is 2.30. The fourth-order valence-corrected chi connectivity index (χ4v) is 2.43. The highest BCUT2D eigenvalue weighted by atomic mass is 19.1. The molecule has 2 aromatic carbocycles. The summed E-state index contributed by atoms with van der Waals surface area (Å²) in [5.41, 5.74) is 2.44. The van der Waals surface area contributed by atoms with Crippen molar-refractivity contribution >= 4 is 28.9 Å². The highest BCUT2D eigenvalue weighted by Crippen LogP contribution is 2.34. The molecule has 0 fully saturated rings. The molecule has 112 valence electrons. The Hall–Kier alpha value is -2.89. The number of anilines is 3. The molecule has 2 amide bonds. The molecule has 3 N–H and O–H groups in total. The first kappa shape index (κ1) is 14.1. The zero-order chi connectivity index (χ0) is 15.7. The van der Waals surface area contributed by atoms with Crippen molar-refractivity contribution in [1.29, 1.82) is 0 Å². The summed E-state index contributed by atoms with van der Waals surface area (Å²) in [7, 11) is 0. The van der Waals surface area contributed by atoms with E-state index in [1.807, 2.05) is 0 Å². The average Bonchev–Trinajstić information content (AvgIpc) is 2.75. The van der Waals surface area contributed by atoms with Crippen LogP contribution in [0.15, 0.2) is 42.5 Å². The number of benzene rings is 2. The van der Waals surface area contributed by atoms with Crippen molar-refractivity contribution in [3.63, 3.8) is 0 Å². The lowest BCUT2D eigenvalue weighted by Crippen LogP contribution is -2.19. The van der Waals surface area contributed by atoms with Gasteiger partial charge in [0.05, 0.1) is 0 Å². The minimum atomic E-state index is -0.668. The maximum Gasteiger partial charge on any atom is 0.251 e. The van der Waals surface area contributed by atoms with Crippen LogP contribution >= 0.6 is 0 Å². The monoisotopic (exact) mass is 299 g/mol. The topological polar surface area (TPSA) is 70.2 Å². The summed E-state index contributed by atoms with van der Waals surface area (Å²) in [6, 6.07) is 10.5. The Bertz CT molecular complexity index is 761. The van der Waals surface area contributed by atoms with E-state index in [9.17, 15) is 14.0 Å². The molecule has 0 bridgehead atoms. The van der Waals surface area contributed by atoms with Crippen molar-refractivity contribution in [2.45, 2.75) is 13.0 Å². The number of hydrogen-bond donors (Lipinski definition) is 3. The Morgan fingerprint density at radius 2 is 1.95 bits per heavy atom. The standard InChI is InChI=1S/C16H14FN3O2/c1-9(21)18-11-3-2-4-12(8-11)19-15-13-7-10(17)5-6-14(13)20-16(15)22/h2-8,15,19H,1H3,(H,18,21)(H,20,22). The van der Waals surface area contributed by atoms with Gasteiger partial charge < -0.3 is 16.0 Å². The van der Waals surface area contributed by atoms with Crippen LogP contribution in [0, 0.1) is 5.82 Å². The van der Waals surface area contributed by atoms with E-state index in [0.29, 0.717) is 22.6 Å². The molecular weight excluding hydrogens is 285 g/mol. The van der Waals surface area contributed by atoms with Crippen LogP contribution in [0.25, 0.3) is 0 Å². The summed E-state index contributed by atoms with van der Waals surface area (Å²) in [5, 5.41) is 8.43. The largest absolute Gasteiger partial charge is 0.370 e. The molecule has 0 aliphatic carbocycles. The van der Waals surface area contributed by atoms with Crippen LogP contribution in [0.3, 0.4) is 0 Å². The number of rotatable bonds is 3. The molecule has 0 saturated carbocycles. The molecule has 1 aliphatic heterocycles. The van der Waals surface area contributed by atoms with Crippen molar-refractivity contribution in [3.05, 3.63) is 53.8 Å². The van der Waals surface area contributed by atoms with Crippen molar-refractivity contribution in [2.75, 3.05) is 16.0 Å². The van der Waals surface area contributed by atoms with E-state index in [4.69, 9.17) is 0 Å². The molecule has 3 rings (SSSR count). The van der Waals surface area contributed by atoms with E-state index in [2.05, 4.69) is 16.0 Å². The fraction of sp³-hybridized carbons (Fsp3) is 0.125. The van der Waals surface area contributed by atoms with Gasteiger partial charge in [0.15, 0.2) is 0 Å². The molecule has 6 heteroatoms. The number of amides is 2. The SMILES string of the molecule is CC(=O)Nc1cccc(NC2C(=O)Nc3ccc(F)cc32)c1. The smallest absolute Gasteiger partial charge is 0.251 e. The molecule has 22 heavy (non-hydrogen) atoms. The highest BCUT2D eigenvalue weighted by molar-refractivity contribution is 6.04. The van der Waals surface area contributed by atoms with Crippen LogP contribution in [0.2, 0.25) is 0 Å². The molecule has 0 aromatic heterocycles. The molecule has 5 nitrogen and oxygen atoms in total. The number of hydrogen-bond acceptors (Lipinski definition) is 3. The number of fused-ring (bicyclic) bond motifs is 1. The maximum absolute atomic E-state index is 13.4. The summed E-state index contributed by atoms with van der Waals surface area (Å²) >= 11 is 0. The van der Waals surface area contributed by atoms with E-state index >= 15 is 0 Å². The molecular formula is C16H14FN3O2. The third-order valence-corrected chi connectivity index (χ3v) is 3.34. The van der Waals surface area contributed by atoms with E-state index < -0.39 is 11.9 Å². The Morgan fingerprint density at radius 1 is 1.18 bits per heavy atom. The van der Waals surface area contributed by atoms with Crippen LogP contribution in [0.4, 0.5) is 21.5 Å². The zero-order valence-electron chi connectivity index (χ0n) is 11.8. The van der Waals surface area contributed by atoms with Gasteiger partial charge in [-0.25, -0.2) is 4.39 Å². The summed E-state index contributed by atoms with van der Waals surface area (Å²) in [6.07, 6.45) is 0. The quantitative estimate of drug-likeness (QED) is 0.816. The minimum Gasteiger partial charge on any atom is -0.370 e. The lowest BCUT2D eigenvalue weighted by atomic mass is 10.1.